The number of nitrogens with zero attached hydrogens (tertiary/aromatic N) is 3. The summed E-state index contributed by atoms with van der Waals surface area (Å²) in [5.74, 6) is 0.778. The van der Waals surface area contributed by atoms with Gasteiger partial charge in [-0.05, 0) is 17.7 Å². The molecule has 0 unspecified atom stereocenters. The van der Waals surface area contributed by atoms with Crippen LogP contribution in [-0.2, 0) is 21.2 Å². The number of sulfonamides is 1. The molecule has 3 rings (SSSR count). The highest BCUT2D eigenvalue weighted by atomic mass is 32.2. The molecule has 1 fully saturated rings. The second-order valence-electron chi connectivity index (χ2n) is 6.55. The second-order valence-corrected chi connectivity index (χ2v) is 8.30. The zero-order valence-corrected chi connectivity index (χ0v) is 16.5. The highest BCUT2D eigenvalue weighted by molar-refractivity contribution is 7.92. The third kappa shape index (κ3) is 6.59. The van der Waals surface area contributed by atoms with Crippen molar-refractivity contribution in [2.75, 3.05) is 55.7 Å². The maximum absolute atomic E-state index is 11.8. The monoisotopic (exact) mass is 408 g/mol. The van der Waals surface area contributed by atoms with Crippen molar-refractivity contribution in [1.82, 2.24) is 19.9 Å². The normalized spacial score (nSPS) is 15.3. The first-order chi connectivity index (χ1) is 13.4. The molecule has 0 bridgehead atoms. The Labute approximate surface area is 163 Å². The van der Waals surface area contributed by atoms with Gasteiger partial charge in [0.2, 0.25) is 16.0 Å². The molecule has 0 aliphatic carbocycles. The van der Waals surface area contributed by atoms with Crippen molar-refractivity contribution in [2.24, 2.45) is 0 Å². The van der Waals surface area contributed by atoms with E-state index in [4.69, 9.17) is 4.74 Å². The van der Waals surface area contributed by atoms with Gasteiger partial charge < -0.3 is 10.1 Å². The molecular formula is C17H24N6O4S. The van der Waals surface area contributed by atoms with Crippen molar-refractivity contribution in [2.45, 2.75) is 6.42 Å². The molecule has 1 aromatic heterocycles. The van der Waals surface area contributed by atoms with Gasteiger partial charge in [-0.2, -0.15) is 9.97 Å². The number of aromatic nitrogens is 3. The van der Waals surface area contributed by atoms with E-state index in [1.54, 1.807) is 24.3 Å². The number of morpholine rings is 1. The Bertz CT molecular complexity index is 939. The zero-order valence-electron chi connectivity index (χ0n) is 15.6. The van der Waals surface area contributed by atoms with Crippen LogP contribution < -0.4 is 15.7 Å². The van der Waals surface area contributed by atoms with E-state index in [1.165, 1.54) is 0 Å². The van der Waals surface area contributed by atoms with Gasteiger partial charge in [0.15, 0.2) is 0 Å². The Kier molecular flexibility index (Phi) is 6.60. The quantitative estimate of drug-likeness (QED) is 0.551. The summed E-state index contributed by atoms with van der Waals surface area (Å²) in [5, 5.41) is 3.09. The predicted molar refractivity (Wildman–Crippen MR) is 106 cm³/mol. The van der Waals surface area contributed by atoms with Gasteiger partial charge in [0.05, 0.1) is 19.5 Å². The van der Waals surface area contributed by atoms with Crippen molar-refractivity contribution in [3.05, 3.63) is 46.1 Å². The van der Waals surface area contributed by atoms with Crippen LogP contribution in [0.5, 0.6) is 0 Å². The van der Waals surface area contributed by atoms with Crippen molar-refractivity contribution >= 4 is 21.7 Å². The summed E-state index contributed by atoms with van der Waals surface area (Å²) < 4.78 is 30.2. The Morgan fingerprint density at radius 3 is 2.57 bits per heavy atom. The van der Waals surface area contributed by atoms with E-state index in [0.717, 1.165) is 44.7 Å². The minimum Gasteiger partial charge on any atom is -0.379 e. The van der Waals surface area contributed by atoms with Crippen molar-refractivity contribution in [1.29, 1.82) is 0 Å². The van der Waals surface area contributed by atoms with E-state index in [0.29, 0.717) is 30.4 Å². The number of hydrogen-bond donors (Lipinski definition) is 3. The molecule has 152 valence electrons. The lowest BCUT2D eigenvalue weighted by atomic mass is 10.1. The molecule has 1 saturated heterocycles. The van der Waals surface area contributed by atoms with Crippen LogP contribution in [0.2, 0.25) is 0 Å². The molecule has 10 nitrogen and oxygen atoms in total. The third-order valence-corrected chi connectivity index (χ3v) is 4.75. The van der Waals surface area contributed by atoms with Crippen molar-refractivity contribution in [3.8, 4) is 0 Å². The number of nitrogens with one attached hydrogen (secondary N) is 3. The summed E-state index contributed by atoms with van der Waals surface area (Å²) in [6.45, 7) is 4.73. The van der Waals surface area contributed by atoms with Gasteiger partial charge in [0, 0.05) is 38.3 Å². The van der Waals surface area contributed by atoms with Crippen LogP contribution in [0.3, 0.4) is 0 Å². The number of ether oxygens (including phenoxy) is 1. The summed E-state index contributed by atoms with van der Waals surface area (Å²) in [5.41, 5.74) is 0.898. The molecule has 2 aromatic rings. The summed E-state index contributed by atoms with van der Waals surface area (Å²) in [7, 11) is -3.31. The molecule has 1 aromatic carbocycles. The fraction of sp³-hybridized carbons (Fsp3) is 0.471. The Morgan fingerprint density at radius 1 is 1.18 bits per heavy atom. The minimum atomic E-state index is -3.31. The molecule has 1 aliphatic heterocycles. The molecule has 0 atom stereocenters. The fourth-order valence-electron chi connectivity index (χ4n) is 2.84. The standard InChI is InChI=1S/C17H24N6O4S/c1-28(25,26)22-14-4-2-13(3-5-14)12-15-19-16(21-17(24)20-15)18-6-7-23-8-10-27-11-9-23/h2-5,22H,6-12H2,1H3,(H2,18,19,20,21,24). The molecule has 2 heterocycles. The highest BCUT2D eigenvalue weighted by Crippen LogP contribution is 2.13. The van der Waals surface area contributed by atoms with Gasteiger partial charge in [-0.15, -0.1) is 0 Å². The summed E-state index contributed by atoms with van der Waals surface area (Å²) in [6.07, 6.45) is 1.50. The first kappa shape index (κ1) is 20.2. The number of benzene rings is 1. The van der Waals surface area contributed by atoms with Crippen LogP contribution in [0, 0.1) is 0 Å². The average Bonchev–Trinajstić information content (AvgIpc) is 2.63. The van der Waals surface area contributed by atoms with Crippen molar-refractivity contribution in [3.63, 3.8) is 0 Å². The van der Waals surface area contributed by atoms with Crippen LogP contribution in [0.1, 0.15) is 11.4 Å². The topological polar surface area (TPSA) is 129 Å². The number of rotatable bonds is 8. The second kappa shape index (κ2) is 9.13. The summed E-state index contributed by atoms with van der Waals surface area (Å²) >= 11 is 0. The summed E-state index contributed by atoms with van der Waals surface area (Å²) in [4.78, 5) is 25.0. The Balaban J connectivity index is 1.58. The minimum absolute atomic E-state index is 0.294. The van der Waals surface area contributed by atoms with E-state index in [-0.39, 0.29) is 0 Å². The van der Waals surface area contributed by atoms with Crippen LogP contribution >= 0.6 is 0 Å². The molecule has 1 aliphatic rings. The fourth-order valence-corrected chi connectivity index (χ4v) is 3.40. The molecule has 11 heteroatoms. The number of H-pyrrole nitrogens is 1. The van der Waals surface area contributed by atoms with Gasteiger partial charge in [0.1, 0.15) is 5.82 Å². The molecular weight excluding hydrogens is 384 g/mol. The van der Waals surface area contributed by atoms with E-state index in [1.807, 2.05) is 0 Å². The number of hydrogen-bond acceptors (Lipinski definition) is 8. The van der Waals surface area contributed by atoms with E-state index >= 15 is 0 Å². The highest BCUT2D eigenvalue weighted by Gasteiger charge is 2.10. The van der Waals surface area contributed by atoms with E-state index in [2.05, 4.69) is 29.9 Å². The average molecular weight is 408 g/mol. The maximum atomic E-state index is 11.8. The van der Waals surface area contributed by atoms with Gasteiger partial charge in [-0.25, -0.2) is 13.2 Å². The summed E-state index contributed by atoms with van der Waals surface area (Å²) in [6, 6.07) is 6.88. The zero-order chi connectivity index (χ0) is 20.0. The van der Waals surface area contributed by atoms with Gasteiger partial charge >= 0.3 is 5.69 Å². The van der Waals surface area contributed by atoms with Crippen molar-refractivity contribution < 1.29 is 13.2 Å². The number of anilines is 2. The molecule has 0 saturated carbocycles. The maximum Gasteiger partial charge on any atom is 0.349 e. The van der Waals surface area contributed by atoms with Gasteiger partial charge in [0.25, 0.3) is 0 Å². The van der Waals surface area contributed by atoms with Crippen LogP contribution in [0.25, 0.3) is 0 Å². The Morgan fingerprint density at radius 2 is 1.89 bits per heavy atom. The van der Waals surface area contributed by atoms with Gasteiger partial charge in [-0.3, -0.25) is 14.6 Å². The lowest BCUT2D eigenvalue weighted by molar-refractivity contribution is 0.0398. The molecule has 0 amide bonds. The van der Waals surface area contributed by atoms with E-state index < -0.39 is 15.7 Å². The number of aromatic amines is 1. The molecule has 0 spiro atoms. The Hall–Kier alpha value is -2.50. The van der Waals surface area contributed by atoms with Gasteiger partial charge in [-0.1, -0.05) is 12.1 Å². The van der Waals surface area contributed by atoms with Crippen LogP contribution in [0.4, 0.5) is 11.6 Å². The predicted octanol–water partition coefficient (Wildman–Crippen LogP) is -0.129. The molecule has 28 heavy (non-hydrogen) atoms. The molecule has 3 N–H and O–H groups in total. The van der Waals surface area contributed by atoms with Crippen LogP contribution in [0.15, 0.2) is 29.1 Å². The first-order valence-electron chi connectivity index (χ1n) is 8.95. The first-order valence-corrected chi connectivity index (χ1v) is 10.8. The lowest BCUT2D eigenvalue weighted by Gasteiger charge is -2.26. The SMILES string of the molecule is CS(=O)(=O)Nc1ccc(Cc2nc(NCCN3CCOCC3)nc(=O)[nH]2)cc1. The van der Waals surface area contributed by atoms with E-state index in [9.17, 15) is 13.2 Å². The van der Waals surface area contributed by atoms with Crippen LogP contribution in [-0.4, -0.2) is 73.9 Å². The molecule has 0 radical (unpaired) electrons. The largest absolute Gasteiger partial charge is 0.379 e. The smallest absolute Gasteiger partial charge is 0.349 e. The third-order valence-electron chi connectivity index (χ3n) is 4.14. The lowest BCUT2D eigenvalue weighted by Crippen LogP contribution is -2.39.